The van der Waals surface area contributed by atoms with Gasteiger partial charge in [-0.1, -0.05) is 86.1 Å². The summed E-state index contributed by atoms with van der Waals surface area (Å²) >= 11 is 6.48. The zero-order valence-electron chi connectivity index (χ0n) is 23.5. The maximum atomic E-state index is 14.1. The summed E-state index contributed by atoms with van der Waals surface area (Å²) < 4.78 is 26.9. The number of rotatable bonds is 13. The summed E-state index contributed by atoms with van der Waals surface area (Å²) in [7, 11) is -3.82. The van der Waals surface area contributed by atoms with Gasteiger partial charge in [0.05, 0.1) is 11.9 Å². The van der Waals surface area contributed by atoms with Crippen LogP contribution in [0.5, 0.6) is 0 Å². The van der Waals surface area contributed by atoms with Gasteiger partial charge in [-0.05, 0) is 54.7 Å². The van der Waals surface area contributed by atoms with Crippen molar-refractivity contribution in [1.29, 1.82) is 0 Å². The van der Waals surface area contributed by atoms with Gasteiger partial charge in [-0.3, -0.25) is 13.9 Å². The Balaban J connectivity index is 2.06. The number of sulfonamides is 1. The van der Waals surface area contributed by atoms with Crippen molar-refractivity contribution in [3.8, 4) is 0 Å². The number of carbonyl (C=O) groups excluding carboxylic acids is 2. The first-order chi connectivity index (χ1) is 19.0. The highest BCUT2D eigenvalue weighted by Crippen LogP contribution is 2.23. The van der Waals surface area contributed by atoms with Crippen LogP contribution >= 0.6 is 11.6 Å². The van der Waals surface area contributed by atoms with E-state index in [1.165, 1.54) is 4.90 Å². The summed E-state index contributed by atoms with van der Waals surface area (Å²) in [5.41, 5.74) is 2.96. The quantitative estimate of drug-likeness (QED) is 0.299. The predicted octanol–water partition coefficient (Wildman–Crippen LogP) is 5.22. The molecule has 0 aliphatic rings. The lowest BCUT2D eigenvalue weighted by molar-refractivity contribution is -0.140. The summed E-state index contributed by atoms with van der Waals surface area (Å²) in [5.74, 6) is -0.818. The molecule has 0 spiro atoms. The lowest BCUT2D eigenvalue weighted by Gasteiger charge is -2.34. The van der Waals surface area contributed by atoms with E-state index in [0.29, 0.717) is 16.3 Å². The molecule has 2 amide bonds. The Morgan fingerprint density at radius 3 is 2.10 bits per heavy atom. The zero-order chi connectivity index (χ0) is 29.3. The summed E-state index contributed by atoms with van der Waals surface area (Å²) in [6.07, 6.45) is 2.85. The lowest BCUT2D eigenvalue weighted by atomic mass is 10.0. The number of nitrogens with one attached hydrogen (secondary N) is 1. The second-order valence-corrected chi connectivity index (χ2v) is 12.2. The van der Waals surface area contributed by atoms with E-state index < -0.39 is 28.5 Å². The molecule has 0 heterocycles. The second kappa shape index (κ2) is 14.3. The third-order valence-corrected chi connectivity index (χ3v) is 8.39. The molecule has 0 fully saturated rings. The topological polar surface area (TPSA) is 86.8 Å². The van der Waals surface area contributed by atoms with Crippen LogP contribution in [0.2, 0.25) is 5.02 Å². The fraction of sp³-hybridized carbons (Fsp3) is 0.355. The number of benzene rings is 3. The van der Waals surface area contributed by atoms with E-state index in [1.807, 2.05) is 69.3 Å². The smallest absolute Gasteiger partial charge is 0.244 e. The van der Waals surface area contributed by atoms with Gasteiger partial charge >= 0.3 is 0 Å². The summed E-state index contributed by atoms with van der Waals surface area (Å²) in [5, 5.41) is 3.47. The van der Waals surface area contributed by atoms with Crippen LogP contribution in [-0.4, -0.2) is 50.0 Å². The summed E-state index contributed by atoms with van der Waals surface area (Å²) in [4.78, 5) is 29.2. The van der Waals surface area contributed by atoms with Crippen molar-refractivity contribution in [2.24, 2.45) is 0 Å². The molecule has 3 aromatic carbocycles. The van der Waals surface area contributed by atoms with E-state index in [9.17, 15) is 18.0 Å². The summed E-state index contributed by atoms with van der Waals surface area (Å²) in [6.45, 7) is 5.46. The Labute approximate surface area is 243 Å². The van der Waals surface area contributed by atoms with E-state index >= 15 is 0 Å². The molecule has 0 saturated heterocycles. The standard InChI is InChI=1S/C31H38ClN3O4S/c1-5-23(3)33-31(37)29(20-25-12-8-7-9-13-25)34(21-26-14-10-11-15-28(26)32)30(36)22-35(40(4,38)39)27-18-16-24(6-2)17-19-27/h7-19,23,29H,5-6,20-22H2,1-4H3,(H,33,37). The molecule has 2 atom stereocenters. The average molecular weight is 584 g/mol. The minimum atomic E-state index is -3.82. The Hall–Kier alpha value is -3.36. The van der Waals surface area contributed by atoms with Crippen molar-refractivity contribution in [2.75, 3.05) is 17.1 Å². The summed E-state index contributed by atoms with van der Waals surface area (Å²) in [6, 6.07) is 22.7. The van der Waals surface area contributed by atoms with Crippen molar-refractivity contribution in [2.45, 2.75) is 58.7 Å². The van der Waals surface area contributed by atoms with Crippen molar-refractivity contribution >= 4 is 39.1 Å². The SMILES string of the molecule is CCc1ccc(N(CC(=O)N(Cc2ccccc2Cl)C(Cc2ccccc2)C(=O)NC(C)CC)S(C)(=O)=O)cc1. The van der Waals surface area contributed by atoms with E-state index in [2.05, 4.69) is 5.32 Å². The van der Waals surface area contributed by atoms with Crippen LogP contribution in [0.4, 0.5) is 5.69 Å². The molecule has 40 heavy (non-hydrogen) atoms. The van der Waals surface area contributed by atoms with Gasteiger partial charge in [0.25, 0.3) is 0 Å². The van der Waals surface area contributed by atoms with Gasteiger partial charge in [0.2, 0.25) is 21.8 Å². The van der Waals surface area contributed by atoms with Crippen molar-refractivity contribution in [3.05, 3.63) is 101 Å². The molecule has 2 unspecified atom stereocenters. The first kappa shape index (κ1) is 31.2. The predicted molar refractivity (Wildman–Crippen MR) is 162 cm³/mol. The number of aryl methyl sites for hydroxylation is 1. The van der Waals surface area contributed by atoms with Gasteiger partial charge < -0.3 is 10.2 Å². The number of hydrogen-bond acceptors (Lipinski definition) is 4. The van der Waals surface area contributed by atoms with E-state index in [0.717, 1.165) is 34.5 Å². The van der Waals surface area contributed by atoms with Crippen LogP contribution in [0.3, 0.4) is 0 Å². The Kier molecular flexibility index (Phi) is 11.2. The minimum absolute atomic E-state index is 0.0380. The maximum absolute atomic E-state index is 14.1. The normalized spacial score (nSPS) is 12.8. The largest absolute Gasteiger partial charge is 0.352 e. The number of nitrogens with zero attached hydrogens (tertiary/aromatic N) is 2. The van der Waals surface area contributed by atoms with Crippen LogP contribution in [0, 0.1) is 0 Å². The number of halogens is 1. The van der Waals surface area contributed by atoms with Gasteiger partial charge in [0.1, 0.15) is 12.6 Å². The Bertz CT molecular complexity index is 1380. The molecule has 0 aliphatic carbocycles. The second-order valence-electron chi connectivity index (χ2n) is 9.93. The monoisotopic (exact) mass is 583 g/mol. The molecule has 1 N–H and O–H groups in total. The molecule has 0 aromatic heterocycles. The Morgan fingerprint density at radius 1 is 0.900 bits per heavy atom. The third-order valence-electron chi connectivity index (χ3n) is 6.88. The van der Waals surface area contributed by atoms with Crippen molar-refractivity contribution in [3.63, 3.8) is 0 Å². The average Bonchev–Trinajstić information content (AvgIpc) is 2.94. The highest BCUT2D eigenvalue weighted by molar-refractivity contribution is 7.92. The van der Waals surface area contributed by atoms with Gasteiger partial charge in [0, 0.05) is 24.0 Å². The molecule has 0 radical (unpaired) electrons. The molecule has 3 aromatic rings. The molecular formula is C31H38ClN3O4S. The number of hydrogen-bond donors (Lipinski definition) is 1. The van der Waals surface area contributed by atoms with E-state index in [4.69, 9.17) is 11.6 Å². The molecule has 3 rings (SSSR count). The third kappa shape index (κ3) is 8.57. The first-order valence-electron chi connectivity index (χ1n) is 13.5. The molecule has 214 valence electrons. The molecule has 0 saturated carbocycles. The van der Waals surface area contributed by atoms with E-state index in [1.54, 1.807) is 30.3 Å². The highest BCUT2D eigenvalue weighted by atomic mass is 35.5. The molecule has 0 bridgehead atoms. The van der Waals surface area contributed by atoms with Gasteiger partial charge in [-0.2, -0.15) is 0 Å². The molecule has 9 heteroatoms. The van der Waals surface area contributed by atoms with Crippen LogP contribution in [0.1, 0.15) is 43.9 Å². The van der Waals surface area contributed by atoms with Crippen molar-refractivity contribution < 1.29 is 18.0 Å². The minimum Gasteiger partial charge on any atom is -0.352 e. The Morgan fingerprint density at radius 2 is 1.52 bits per heavy atom. The zero-order valence-corrected chi connectivity index (χ0v) is 25.1. The number of amides is 2. The van der Waals surface area contributed by atoms with Gasteiger partial charge in [-0.25, -0.2) is 8.42 Å². The molecule has 0 aliphatic heterocycles. The van der Waals surface area contributed by atoms with Gasteiger partial charge in [0.15, 0.2) is 0 Å². The van der Waals surface area contributed by atoms with Gasteiger partial charge in [-0.15, -0.1) is 0 Å². The fourth-order valence-electron chi connectivity index (χ4n) is 4.32. The van der Waals surface area contributed by atoms with Crippen LogP contribution < -0.4 is 9.62 Å². The lowest BCUT2D eigenvalue weighted by Crippen LogP contribution is -2.54. The molecular weight excluding hydrogens is 546 g/mol. The van der Waals surface area contributed by atoms with Crippen LogP contribution in [0.25, 0.3) is 0 Å². The fourth-order valence-corrected chi connectivity index (χ4v) is 5.36. The first-order valence-corrected chi connectivity index (χ1v) is 15.7. The number of carbonyl (C=O) groups is 2. The van der Waals surface area contributed by atoms with Crippen LogP contribution in [0.15, 0.2) is 78.9 Å². The van der Waals surface area contributed by atoms with Crippen LogP contribution in [-0.2, 0) is 39.0 Å². The van der Waals surface area contributed by atoms with E-state index in [-0.39, 0.29) is 24.9 Å². The number of anilines is 1. The maximum Gasteiger partial charge on any atom is 0.244 e. The highest BCUT2D eigenvalue weighted by Gasteiger charge is 2.33. The van der Waals surface area contributed by atoms with Crippen molar-refractivity contribution in [1.82, 2.24) is 10.2 Å². The molecule has 7 nitrogen and oxygen atoms in total.